The van der Waals surface area contributed by atoms with Crippen LogP contribution in [0.4, 0.5) is 5.13 Å². The van der Waals surface area contributed by atoms with Crippen molar-refractivity contribution in [2.75, 3.05) is 11.9 Å². The van der Waals surface area contributed by atoms with E-state index < -0.39 is 0 Å². The molecule has 0 unspecified atom stereocenters. The minimum atomic E-state index is -0.382. The molecule has 1 aromatic carbocycles. The number of fused-ring (bicyclic) bond motifs is 2. The van der Waals surface area contributed by atoms with Gasteiger partial charge in [-0.25, -0.2) is 4.98 Å². The molecule has 8 heteroatoms. The molecule has 3 heterocycles. The lowest BCUT2D eigenvalue weighted by Crippen LogP contribution is -2.36. The van der Waals surface area contributed by atoms with Crippen LogP contribution in [0.2, 0.25) is 0 Å². The predicted molar refractivity (Wildman–Crippen MR) is 126 cm³/mol. The van der Waals surface area contributed by atoms with E-state index in [1.165, 1.54) is 29.8 Å². The van der Waals surface area contributed by atoms with Gasteiger partial charge in [-0.2, -0.15) is 0 Å². The van der Waals surface area contributed by atoms with Crippen LogP contribution in [0.5, 0.6) is 0 Å². The zero-order chi connectivity index (χ0) is 22.8. The van der Waals surface area contributed by atoms with Crippen molar-refractivity contribution in [3.63, 3.8) is 0 Å². The van der Waals surface area contributed by atoms with Crippen LogP contribution in [0.3, 0.4) is 0 Å². The summed E-state index contributed by atoms with van der Waals surface area (Å²) in [4.78, 5) is 44.7. The van der Waals surface area contributed by atoms with E-state index in [-0.39, 0.29) is 17.2 Å². The van der Waals surface area contributed by atoms with Gasteiger partial charge in [-0.1, -0.05) is 36.8 Å². The van der Waals surface area contributed by atoms with Crippen LogP contribution in [0.15, 0.2) is 39.7 Å². The summed E-state index contributed by atoms with van der Waals surface area (Å²) in [5.74, 6) is 0.0885. The number of rotatable bonds is 5. The Labute approximate surface area is 189 Å². The second-order valence-corrected chi connectivity index (χ2v) is 9.48. The Bertz CT molecular complexity index is 1270. The molecule has 0 atom stereocenters. The average Bonchev–Trinajstić information content (AvgIpc) is 3.14. The lowest BCUT2D eigenvalue weighted by molar-refractivity contribution is -0.132. The smallest absolute Gasteiger partial charge is 0.250 e. The monoisotopic (exact) mass is 451 g/mol. The molecule has 3 aromatic rings. The third-order valence-corrected chi connectivity index (χ3v) is 6.26. The zero-order valence-corrected chi connectivity index (χ0v) is 19.1. The van der Waals surface area contributed by atoms with Crippen LogP contribution in [0.25, 0.3) is 17.0 Å². The summed E-state index contributed by atoms with van der Waals surface area (Å²) in [6.07, 6.45) is 5.31. The van der Waals surface area contributed by atoms with Gasteiger partial charge in [0, 0.05) is 30.3 Å². The first kappa shape index (κ1) is 22.0. The maximum Gasteiger partial charge on any atom is 0.250 e. The van der Waals surface area contributed by atoms with E-state index >= 15 is 0 Å². The summed E-state index contributed by atoms with van der Waals surface area (Å²) in [7, 11) is 0. The van der Waals surface area contributed by atoms with Crippen molar-refractivity contribution in [3.05, 3.63) is 62.5 Å². The Morgan fingerprint density at radius 1 is 1.34 bits per heavy atom. The van der Waals surface area contributed by atoms with Crippen molar-refractivity contribution < 1.29 is 14.0 Å². The molecule has 0 saturated carbocycles. The topological polar surface area (TPSA) is 92.5 Å². The van der Waals surface area contributed by atoms with Crippen LogP contribution in [0.1, 0.15) is 42.0 Å². The van der Waals surface area contributed by atoms with Crippen molar-refractivity contribution in [3.8, 4) is 0 Å². The molecule has 0 radical (unpaired) electrons. The Morgan fingerprint density at radius 3 is 2.94 bits per heavy atom. The van der Waals surface area contributed by atoms with Crippen molar-refractivity contribution in [2.45, 2.75) is 40.2 Å². The molecule has 166 valence electrons. The number of aromatic nitrogens is 1. The molecule has 0 aliphatic carbocycles. The molecule has 2 aromatic heterocycles. The predicted octanol–water partition coefficient (Wildman–Crippen LogP) is 4.14. The van der Waals surface area contributed by atoms with Crippen LogP contribution in [0, 0.1) is 12.8 Å². The largest absolute Gasteiger partial charge is 0.463 e. The fourth-order valence-corrected chi connectivity index (χ4v) is 4.65. The molecule has 0 spiro atoms. The highest BCUT2D eigenvalue weighted by molar-refractivity contribution is 7.15. The first-order chi connectivity index (χ1) is 15.3. The summed E-state index contributed by atoms with van der Waals surface area (Å²) in [6.45, 7) is 7.14. The number of aryl methyl sites for hydroxylation is 1. The fourth-order valence-electron chi connectivity index (χ4n) is 3.63. The van der Waals surface area contributed by atoms with Gasteiger partial charge in [-0.05, 0) is 31.1 Å². The number of nitrogens with zero attached hydrogens (tertiary/aromatic N) is 2. The van der Waals surface area contributed by atoms with Crippen LogP contribution < -0.4 is 10.7 Å². The van der Waals surface area contributed by atoms with Crippen molar-refractivity contribution in [1.82, 2.24) is 9.88 Å². The Balaban J connectivity index is 1.44. The van der Waals surface area contributed by atoms with Crippen molar-refractivity contribution in [1.29, 1.82) is 0 Å². The molecule has 1 aliphatic rings. The molecule has 0 bridgehead atoms. The summed E-state index contributed by atoms with van der Waals surface area (Å²) >= 11 is 1.38. The zero-order valence-electron chi connectivity index (χ0n) is 18.3. The lowest BCUT2D eigenvalue weighted by atomic mass is 10.1. The summed E-state index contributed by atoms with van der Waals surface area (Å²) in [6, 6.07) is 5.41. The quantitative estimate of drug-likeness (QED) is 0.589. The maximum absolute atomic E-state index is 12.7. The normalized spacial score (nSPS) is 13.7. The average molecular weight is 452 g/mol. The third-order valence-electron chi connectivity index (χ3n) is 5.27. The Kier molecular flexibility index (Phi) is 6.23. The van der Waals surface area contributed by atoms with Crippen LogP contribution in [-0.2, 0) is 22.6 Å². The SMILES string of the molecule is Cc1ccc2occ(/C=C/C(=O)Nc3nc4c(s3)CN(C(=O)CC(C)C)CC4)c(=O)c2c1. The van der Waals surface area contributed by atoms with E-state index in [0.29, 0.717) is 53.5 Å². The van der Waals surface area contributed by atoms with Crippen LogP contribution >= 0.6 is 11.3 Å². The number of carbonyl (C=O) groups excluding carboxylic acids is 2. The lowest BCUT2D eigenvalue weighted by Gasteiger charge is -2.26. The molecule has 4 rings (SSSR count). The number of anilines is 1. The molecule has 1 aliphatic heterocycles. The van der Waals surface area contributed by atoms with Gasteiger partial charge in [-0.3, -0.25) is 19.7 Å². The van der Waals surface area contributed by atoms with Gasteiger partial charge in [-0.15, -0.1) is 0 Å². The number of thiazole rings is 1. The molecular formula is C24H25N3O4S. The summed E-state index contributed by atoms with van der Waals surface area (Å²) in [5, 5.41) is 3.73. The minimum Gasteiger partial charge on any atom is -0.463 e. The molecule has 0 fully saturated rings. The molecule has 1 N–H and O–H groups in total. The minimum absolute atomic E-state index is 0.150. The van der Waals surface area contributed by atoms with E-state index in [9.17, 15) is 14.4 Å². The maximum atomic E-state index is 12.7. The summed E-state index contributed by atoms with van der Waals surface area (Å²) in [5.41, 5.74) is 2.51. The Morgan fingerprint density at radius 2 is 2.16 bits per heavy atom. The molecule has 7 nitrogen and oxygen atoms in total. The third kappa shape index (κ3) is 4.80. The van der Waals surface area contributed by atoms with Gasteiger partial charge in [0.05, 0.1) is 23.2 Å². The Hall–Kier alpha value is -3.26. The number of amides is 2. The van der Waals surface area contributed by atoms with Gasteiger partial charge >= 0.3 is 0 Å². The highest BCUT2D eigenvalue weighted by Gasteiger charge is 2.24. The highest BCUT2D eigenvalue weighted by atomic mass is 32.1. The van der Waals surface area contributed by atoms with E-state index in [1.54, 1.807) is 12.1 Å². The van der Waals surface area contributed by atoms with Gasteiger partial charge in [0.25, 0.3) is 0 Å². The second kappa shape index (κ2) is 9.08. The van der Waals surface area contributed by atoms with E-state index in [0.717, 1.165) is 16.1 Å². The van der Waals surface area contributed by atoms with E-state index in [4.69, 9.17) is 4.42 Å². The number of nitrogens with one attached hydrogen (secondary N) is 1. The fraction of sp³-hybridized carbons (Fsp3) is 0.333. The second-order valence-electron chi connectivity index (χ2n) is 8.39. The molecule has 0 saturated heterocycles. The van der Waals surface area contributed by atoms with Crippen molar-refractivity contribution in [2.24, 2.45) is 5.92 Å². The van der Waals surface area contributed by atoms with E-state index in [1.807, 2.05) is 31.7 Å². The first-order valence-corrected chi connectivity index (χ1v) is 11.4. The molecule has 2 amide bonds. The van der Waals surface area contributed by atoms with E-state index in [2.05, 4.69) is 10.3 Å². The highest BCUT2D eigenvalue weighted by Crippen LogP contribution is 2.29. The first-order valence-electron chi connectivity index (χ1n) is 10.6. The van der Waals surface area contributed by atoms with Gasteiger partial charge in [0.2, 0.25) is 11.8 Å². The van der Waals surface area contributed by atoms with Gasteiger partial charge < -0.3 is 9.32 Å². The number of hydrogen-bond acceptors (Lipinski definition) is 6. The number of hydrogen-bond donors (Lipinski definition) is 1. The number of benzene rings is 1. The van der Waals surface area contributed by atoms with Gasteiger partial charge in [0.15, 0.2) is 10.6 Å². The van der Waals surface area contributed by atoms with Crippen molar-refractivity contribution >= 4 is 45.3 Å². The number of carbonyl (C=O) groups is 2. The standard InChI is InChI=1S/C24H25N3O4S/c1-14(2)10-22(29)27-9-8-18-20(12-27)32-24(25-18)26-21(28)7-5-16-13-31-19-6-4-15(3)11-17(19)23(16)30/h4-7,11,13-14H,8-10,12H2,1-3H3,(H,25,26,28)/b7-5+. The molecular weight excluding hydrogens is 426 g/mol. The molecule has 32 heavy (non-hydrogen) atoms. The summed E-state index contributed by atoms with van der Waals surface area (Å²) < 4.78 is 5.51. The van der Waals surface area contributed by atoms with Crippen LogP contribution in [-0.4, -0.2) is 28.2 Å². The van der Waals surface area contributed by atoms with Gasteiger partial charge in [0.1, 0.15) is 11.8 Å².